The fourth-order valence-electron chi connectivity index (χ4n) is 3.44. The molecule has 1 unspecified atom stereocenters. The number of benzene rings is 2. The molecule has 130 valence electrons. The fraction of sp³-hybridized carbons (Fsp3) is 0.381. The Labute approximate surface area is 150 Å². The molecular formula is C21H25N3O. The highest BCUT2D eigenvalue weighted by molar-refractivity contribution is 5.33. The lowest BCUT2D eigenvalue weighted by Gasteiger charge is -2.28. The summed E-state index contributed by atoms with van der Waals surface area (Å²) in [6.07, 6.45) is 2.55. The molecule has 0 aromatic heterocycles. The van der Waals surface area contributed by atoms with Crippen LogP contribution in [0, 0.1) is 11.3 Å². The Kier molecular flexibility index (Phi) is 6.05. The highest BCUT2D eigenvalue weighted by Gasteiger charge is 2.23. The first kappa shape index (κ1) is 17.5. The topological polar surface area (TPSA) is 48.3 Å². The van der Waals surface area contributed by atoms with Gasteiger partial charge in [0.15, 0.2) is 0 Å². The summed E-state index contributed by atoms with van der Waals surface area (Å²) in [5, 5.41) is 12.6. The van der Waals surface area contributed by atoms with Crippen LogP contribution in [0.25, 0.3) is 0 Å². The first-order valence-corrected chi connectivity index (χ1v) is 8.88. The highest BCUT2D eigenvalue weighted by Crippen LogP contribution is 2.26. The van der Waals surface area contributed by atoms with Crippen LogP contribution in [0.1, 0.15) is 35.6 Å². The lowest BCUT2D eigenvalue weighted by molar-refractivity contribution is 0.238. The van der Waals surface area contributed by atoms with Crippen LogP contribution in [-0.4, -0.2) is 31.6 Å². The van der Waals surface area contributed by atoms with Gasteiger partial charge in [-0.2, -0.15) is 5.26 Å². The molecule has 1 atom stereocenters. The maximum absolute atomic E-state index is 9.02. The highest BCUT2D eigenvalue weighted by atomic mass is 16.5. The van der Waals surface area contributed by atoms with Crippen LogP contribution in [0.15, 0.2) is 48.5 Å². The second-order valence-electron chi connectivity index (χ2n) is 6.48. The SMILES string of the molecule is COc1ccc(C(CNCc2cccc(C#N)c2)N2CCCC2)cc1. The summed E-state index contributed by atoms with van der Waals surface area (Å²) >= 11 is 0. The van der Waals surface area contributed by atoms with E-state index in [-0.39, 0.29) is 0 Å². The van der Waals surface area contributed by atoms with Crippen molar-refractivity contribution < 1.29 is 4.74 Å². The van der Waals surface area contributed by atoms with Crippen molar-refractivity contribution in [3.63, 3.8) is 0 Å². The largest absolute Gasteiger partial charge is 0.497 e. The zero-order valence-corrected chi connectivity index (χ0v) is 14.7. The molecule has 1 aliphatic heterocycles. The molecule has 0 radical (unpaired) electrons. The van der Waals surface area contributed by atoms with Gasteiger partial charge in [0, 0.05) is 19.1 Å². The fourth-order valence-corrected chi connectivity index (χ4v) is 3.44. The Morgan fingerprint density at radius 1 is 1.16 bits per heavy atom. The van der Waals surface area contributed by atoms with Crippen LogP contribution < -0.4 is 10.1 Å². The Hall–Kier alpha value is -2.35. The van der Waals surface area contributed by atoms with Crippen molar-refractivity contribution in [3.05, 3.63) is 65.2 Å². The number of ether oxygens (including phenoxy) is 1. The lowest BCUT2D eigenvalue weighted by Crippen LogP contribution is -2.34. The summed E-state index contributed by atoms with van der Waals surface area (Å²) in [5.41, 5.74) is 3.18. The summed E-state index contributed by atoms with van der Waals surface area (Å²) in [6.45, 7) is 3.98. The van der Waals surface area contributed by atoms with Crippen LogP contribution in [0.2, 0.25) is 0 Å². The van der Waals surface area contributed by atoms with Gasteiger partial charge in [0.25, 0.3) is 0 Å². The third-order valence-electron chi connectivity index (χ3n) is 4.80. The Bertz CT molecular complexity index is 715. The molecule has 1 N–H and O–H groups in total. The van der Waals surface area contributed by atoms with Gasteiger partial charge in [-0.3, -0.25) is 4.90 Å². The molecule has 1 saturated heterocycles. The number of hydrogen-bond acceptors (Lipinski definition) is 4. The van der Waals surface area contributed by atoms with Crippen molar-refractivity contribution in [2.45, 2.75) is 25.4 Å². The smallest absolute Gasteiger partial charge is 0.118 e. The minimum Gasteiger partial charge on any atom is -0.497 e. The summed E-state index contributed by atoms with van der Waals surface area (Å²) in [5.74, 6) is 0.894. The molecule has 0 amide bonds. The molecule has 2 aromatic carbocycles. The maximum Gasteiger partial charge on any atom is 0.118 e. The molecule has 0 spiro atoms. The van der Waals surface area contributed by atoms with Crippen molar-refractivity contribution in [2.75, 3.05) is 26.7 Å². The minimum atomic E-state index is 0.368. The van der Waals surface area contributed by atoms with Crippen molar-refractivity contribution in [3.8, 4) is 11.8 Å². The van der Waals surface area contributed by atoms with Gasteiger partial charge in [-0.05, 0) is 61.3 Å². The van der Waals surface area contributed by atoms with E-state index in [1.54, 1.807) is 7.11 Å². The van der Waals surface area contributed by atoms with E-state index < -0.39 is 0 Å². The number of nitriles is 1. The monoisotopic (exact) mass is 335 g/mol. The van der Waals surface area contributed by atoms with E-state index in [0.29, 0.717) is 11.6 Å². The van der Waals surface area contributed by atoms with E-state index in [1.807, 2.05) is 30.3 Å². The second kappa shape index (κ2) is 8.66. The van der Waals surface area contributed by atoms with E-state index in [0.717, 1.165) is 37.5 Å². The van der Waals surface area contributed by atoms with Crippen molar-refractivity contribution in [1.82, 2.24) is 10.2 Å². The Morgan fingerprint density at radius 2 is 1.92 bits per heavy atom. The normalized spacial score (nSPS) is 15.7. The van der Waals surface area contributed by atoms with Crippen molar-refractivity contribution in [2.24, 2.45) is 0 Å². The zero-order valence-electron chi connectivity index (χ0n) is 14.7. The van der Waals surface area contributed by atoms with E-state index in [4.69, 9.17) is 10.00 Å². The quantitative estimate of drug-likeness (QED) is 0.841. The molecule has 1 heterocycles. The summed E-state index contributed by atoms with van der Waals surface area (Å²) < 4.78 is 5.28. The molecule has 2 aromatic rings. The summed E-state index contributed by atoms with van der Waals surface area (Å²) in [7, 11) is 1.70. The predicted octanol–water partition coefficient (Wildman–Crippen LogP) is 3.49. The maximum atomic E-state index is 9.02. The number of nitrogens with zero attached hydrogens (tertiary/aromatic N) is 2. The van der Waals surface area contributed by atoms with Crippen molar-refractivity contribution >= 4 is 0 Å². The Balaban J connectivity index is 1.66. The van der Waals surface area contributed by atoms with E-state index in [2.05, 4.69) is 34.5 Å². The minimum absolute atomic E-state index is 0.368. The van der Waals surface area contributed by atoms with Gasteiger partial charge in [-0.1, -0.05) is 24.3 Å². The molecule has 3 rings (SSSR count). The van der Waals surface area contributed by atoms with E-state index in [9.17, 15) is 0 Å². The molecule has 25 heavy (non-hydrogen) atoms. The number of nitrogens with one attached hydrogen (secondary N) is 1. The van der Waals surface area contributed by atoms with E-state index >= 15 is 0 Å². The standard InChI is InChI=1S/C21H25N3O/c1-25-20-9-7-19(8-10-20)21(24-11-2-3-12-24)16-23-15-18-6-4-5-17(13-18)14-22/h4-10,13,21,23H,2-3,11-12,15-16H2,1H3. The number of hydrogen-bond donors (Lipinski definition) is 1. The van der Waals surface area contributed by atoms with E-state index in [1.165, 1.54) is 18.4 Å². The van der Waals surface area contributed by atoms with Crippen LogP contribution in [0.5, 0.6) is 5.75 Å². The first-order valence-electron chi connectivity index (χ1n) is 8.88. The van der Waals surface area contributed by atoms with Crippen LogP contribution in [0.3, 0.4) is 0 Å². The number of likely N-dealkylation sites (tertiary alicyclic amines) is 1. The Morgan fingerprint density at radius 3 is 2.60 bits per heavy atom. The second-order valence-corrected chi connectivity index (χ2v) is 6.48. The van der Waals surface area contributed by atoms with Gasteiger partial charge in [0.05, 0.1) is 18.7 Å². The van der Waals surface area contributed by atoms with Gasteiger partial charge in [0.1, 0.15) is 5.75 Å². The van der Waals surface area contributed by atoms with Crippen LogP contribution in [-0.2, 0) is 6.54 Å². The molecule has 4 nitrogen and oxygen atoms in total. The van der Waals surface area contributed by atoms with Crippen LogP contribution >= 0.6 is 0 Å². The molecule has 1 fully saturated rings. The average molecular weight is 335 g/mol. The third-order valence-corrected chi connectivity index (χ3v) is 4.80. The molecule has 0 aliphatic carbocycles. The van der Waals surface area contributed by atoms with Gasteiger partial charge in [0.2, 0.25) is 0 Å². The predicted molar refractivity (Wildman–Crippen MR) is 99.4 cm³/mol. The number of rotatable bonds is 7. The van der Waals surface area contributed by atoms with Crippen LogP contribution in [0.4, 0.5) is 0 Å². The molecule has 0 saturated carbocycles. The average Bonchev–Trinajstić information content (AvgIpc) is 3.20. The lowest BCUT2D eigenvalue weighted by atomic mass is 10.0. The molecule has 1 aliphatic rings. The molecule has 4 heteroatoms. The zero-order chi connectivity index (χ0) is 17.5. The molecule has 0 bridgehead atoms. The summed E-state index contributed by atoms with van der Waals surface area (Å²) in [6, 6.07) is 18.8. The summed E-state index contributed by atoms with van der Waals surface area (Å²) in [4.78, 5) is 2.56. The van der Waals surface area contributed by atoms with Crippen molar-refractivity contribution in [1.29, 1.82) is 5.26 Å². The van der Waals surface area contributed by atoms with Gasteiger partial charge in [-0.25, -0.2) is 0 Å². The first-order chi connectivity index (χ1) is 12.3. The third kappa shape index (κ3) is 4.60. The molecular weight excluding hydrogens is 310 g/mol. The van der Waals surface area contributed by atoms with Gasteiger partial charge >= 0.3 is 0 Å². The van der Waals surface area contributed by atoms with Gasteiger partial charge in [-0.15, -0.1) is 0 Å². The van der Waals surface area contributed by atoms with Gasteiger partial charge < -0.3 is 10.1 Å². The number of methoxy groups -OCH3 is 1.